The number of rotatable bonds is 5. The summed E-state index contributed by atoms with van der Waals surface area (Å²) in [7, 11) is 0. The lowest BCUT2D eigenvalue weighted by Crippen LogP contribution is -2.45. The van der Waals surface area contributed by atoms with Crippen LogP contribution >= 0.6 is 24.8 Å². The van der Waals surface area contributed by atoms with Crippen molar-refractivity contribution in [3.8, 4) is 5.75 Å². The maximum atomic E-state index is 10.9. The summed E-state index contributed by atoms with van der Waals surface area (Å²) in [6.07, 6.45) is 1.85. The summed E-state index contributed by atoms with van der Waals surface area (Å²) in [5, 5.41) is 24.3. The predicted octanol–water partition coefficient (Wildman–Crippen LogP) is 2.89. The van der Waals surface area contributed by atoms with Gasteiger partial charge in [0, 0.05) is 49.9 Å². The Labute approximate surface area is 142 Å². The second-order valence-electron chi connectivity index (χ2n) is 5.09. The molecule has 22 heavy (non-hydrogen) atoms. The fourth-order valence-electron chi connectivity index (χ4n) is 2.72. The quantitative estimate of drug-likeness (QED) is 0.629. The highest BCUT2D eigenvalue weighted by molar-refractivity contribution is 5.85. The zero-order valence-electron chi connectivity index (χ0n) is 12.5. The van der Waals surface area contributed by atoms with E-state index in [4.69, 9.17) is 0 Å². The van der Waals surface area contributed by atoms with Gasteiger partial charge < -0.3 is 10.4 Å². The molecule has 1 aromatic carbocycles. The van der Waals surface area contributed by atoms with Crippen molar-refractivity contribution in [2.24, 2.45) is 0 Å². The number of hydrogen-bond acceptors (Lipinski definition) is 5. The third kappa shape index (κ3) is 4.98. The third-order valence-corrected chi connectivity index (χ3v) is 3.74. The maximum Gasteiger partial charge on any atom is 0.270 e. The van der Waals surface area contributed by atoms with Crippen LogP contribution in [0.1, 0.15) is 31.4 Å². The smallest absolute Gasteiger partial charge is 0.270 e. The van der Waals surface area contributed by atoms with E-state index in [0.717, 1.165) is 39.0 Å². The normalized spacial score (nSPS) is 16.2. The minimum absolute atomic E-state index is 0. The van der Waals surface area contributed by atoms with Gasteiger partial charge in [-0.15, -0.1) is 24.8 Å². The van der Waals surface area contributed by atoms with Crippen LogP contribution in [0.3, 0.4) is 0 Å². The molecular formula is C14H23Cl2N3O3. The zero-order valence-corrected chi connectivity index (χ0v) is 14.2. The predicted molar refractivity (Wildman–Crippen MR) is 91.3 cm³/mol. The molecule has 8 heteroatoms. The van der Waals surface area contributed by atoms with Gasteiger partial charge in [0.05, 0.1) is 4.92 Å². The third-order valence-electron chi connectivity index (χ3n) is 3.74. The van der Waals surface area contributed by atoms with Crippen molar-refractivity contribution in [2.45, 2.75) is 25.8 Å². The molecule has 2 N–H and O–H groups in total. The number of nitro benzene ring substituents is 1. The van der Waals surface area contributed by atoms with Crippen molar-refractivity contribution in [1.82, 2.24) is 10.2 Å². The van der Waals surface area contributed by atoms with Crippen molar-refractivity contribution in [2.75, 3.05) is 26.2 Å². The van der Waals surface area contributed by atoms with Gasteiger partial charge in [0.25, 0.3) is 5.69 Å². The number of hydrogen-bond donors (Lipinski definition) is 2. The van der Waals surface area contributed by atoms with Crippen LogP contribution < -0.4 is 5.32 Å². The first kappa shape index (κ1) is 20.9. The fourth-order valence-corrected chi connectivity index (χ4v) is 2.72. The average Bonchev–Trinajstić information content (AvgIpc) is 2.46. The maximum absolute atomic E-state index is 10.9. The first-order chi connectivity index (χ1) is 9.63. The number of phenols is 1. The molecule has 1 aliphatic rings. The van der Waals surface area contributed by atoms with Crippen molar-refractivity contribution >= 4 is 30.5 Å². The number of nitro groups is 1. The van der Waals surface area contributed by atoms with E-state index >= 15 is 0 Å². The molecule has 1 atom stereocenters. The summed E-state index contributed by atoms with van der Waals surface area (Å²) in [4.78, 5) is 12.8. The minimum Gasteiger partial charge on any atom is -0.508 e. The number of non-ortho nitro benzene ring substituents is 1. The number of halogens is 2. The van der Waals surface area contributed by atoms with E-state index in [9.17, 15) is 15.2 Å². The topological polar surface area (TPSA) is 78.6 Å². The standard InChI is InChI=1S/C14H21N3O3.2ClH/c1-2-3-13(16-8-6-15-7-9-16)12-10-11(17(19)20)4-5-14(12)18;;/h4-5,10,13,15,18H,2-3,6-9H2,1H3;2*1H/t13-;;/m1../s1. The summed E-state index contributed by atoms with van der Waals surface area (Å²) in [6.45, 7) is 5.70. The summed E-state index contributed by atoms with van der Waals surface area (Å²) < 4.78 is 0. The Morgan fingerprint density at radius 1 is 1.36 bits per heavy atom. The number of piperazine rings is 1. The Morgan fingerprint density at radius 2 is 2.00 bits per heavy atom. The Kier molecular flexibility index (Phi) is 9.36. The van der Waals surface area contributed by atoms with Gasteiger partial charge in [-0.05, 0) is 12.5 Å². The van der Waals surface area contributed by atoms with Crippen LogP contribution in [0.15, 0.2) is 18.2 Å². The highest BCUT2D eigenvalue weighted by Gasteiger charge is 2.25. The van der Waals surface area contributed by atoms with E-state index in [0.29, 0.717) is 5.56 Å². The number of nitrogens with zero attached hydrogens (tertiary/aromatic N) is 2. The Hall–Kier alpha value is -1.08. The van der Waals surface area contributed by atoms with Crippen molar-refractivity contribution in [1.29, 1.82) is 0 Å². The summed E-state index contributed by atoms with van der Waals surface area (Å²) in [5.74, 6) is 0.146. The van der Waals surface area contributed by atoms with Crippen LogP contribution in [-0.2, 0) is 0 Å². The van der Waals surface area contributed by atoms with E-state index in [1.165, 1.54) is 18.2 Å². The summed E-state index contributed by atoms with van der Waals surface area (Å²) in [6, 6.07) is 4.33. The van der Waals surface area contributed by atoms with Crippen molar-refractivity contribution in [3.63, 3.8) is 0 Å². The van der Waals surface area contributed by atoms with Gasteiger partial charge in [-0.2, -0.15) is 0 Å². The van der Waals surface area contributed by atoms with Crippen LogP contribution in [0.5, 0.6) is 5.75 Å². The van der Waals surface area contributed by atoms with Crippen molar-refractivity contribution in [3.05, 3.63) is 33.9 Å². The van der Waals surface area contributed by atoms with Gasteiger partial charge in [0.15, 0.2) is 0 Å². The Morgan fingerprint density at radius 3 is 2.55 bits per heavy atom. The van der Waals surface area contributed by atoms with Gasteiger partial charge in [-0.25, -0.2) is 0 Å². The van der Waals surface area contributed by atoms with Gasteiger partial charge in [-0.3, -0.25) is 15.0 Å². The molecule has 126 valence electrons. The molecular weight excluding hydrogens is 329 g/mol. The lowest BCUT2D eigenvalue weighted by molar-refractivity contribution is -0.385. The number of aromatic hydroxyl groups is 1. The second-order valence-corrected chi connectivity index (χ2v) is 5.09. The molecule has 1 saturated heterocycles. The molecule has 0 bridgehead atoms. The molecule has 1 aliphatic heterocycles. The lowest BCUT2D eigenvalue weighted by Gasteiger charge is -2.35. The van der Waals surface area contributed by atoms with Crippen LogP contribution in [0, 0.1) is 10.1 Å². The number of nitrogens with one attached hydrogen (secondary N) is 1. The number of benzene rings is 1. The zero-order chi connectivity index (χ0) is 14.5. The average molecular weight is 352 g/mol. The minimum atomic E-state index is -0.413. The van der Waals surface area contributed by atoms with Crippen LogP contribution in [0.4, 0.5) is 5.69 Å². The van der Waals surface area contributed by atoms with Crippen LogP contribution in [0.2, 0.25) is 0 Å². The van der Waals surface area contributed by atoms with E-state index in [1.54, 1.807) is 0 Å². The van der Waals surface area contributed by atoms with E-state index in [-0.39, 0.29) is 42.3 Å². The van der Waals surface area contributed by atoms with E-state index in [1.807, 2.05) is 0 Å². The summed E-state index contributed by atoms with van der Waals surface area (Å²) in [5.41, 5.74) is 0.706. The van der Waals surface area contributed by atoms with Gasteiger partial charge >= 0.3 is 0 Å². The fraction of sp³-hybridized carbons (Fsp3) is 0.571. The Bertz CT molecular complexity index is 482. The van der Waals surface area contributed by atoms with Gasteiger partial charge in [0.2, 0.25) is 0 Å². The molecule has 0 aromatic heterocycles. The molecule has 6 nitrogen and oxygen atoms in total. The summed E-state index contributed by atoms with van der Waals surface area (Å²) >= 11 is 0. The molecule has 0 unspecified atom stereocenters. The molecule has 1 aromatic rings. The van der Waals surface area contributed by atoms with Crippen LogP contribution in [0.25, 0.3) is 0 Å². The monoisotopic (exact) mass is 351 g/mol. The second kappa shape index (κ2) is 9.84. The SMILES string of the molecule is CCC[C@H](c1cc([N+](=O)[O-])ccc1O)N1CCNCC1.Cl.Cl. The highest BCUT2D eigenvalue weighted by atomic mass is 35.5. The van der Waals surface area contributed by atoms with E-state index in [2.05, 4.69) is 17.1 Å². The van der Waals surface area contributed by atoms with Gasteiger partial charge in [-0.1, -0.05) is 13.3 Å². The first-order valence-corrected chi connectivity index (χ1v) is 7.05. The molecule has 1 heterocycles. The molecule has 0 radical (unpaired) electrons. The molecule has 0 saturated carbocycles. The molecule has 0 amide bonds. The van der Waals surface area contributed by atoms with E-state index < -0.39 is 4.92 Å². The highest BCUT2D eigenvalue weighted by Crippen LogP contribution is 2.34. The number of phenolic OH excluding ortho intramolecular Hbond substituents is 1. The van der Waals surface area contributed by atoms with Gasteiger partial charge in [0.1, 0.15) is 5.75 Å². The molecule has 0 spiro atoms. The van der Waals surface area contributed by atoms with Crippen LogP contribution in [-0.4, -0.2) is 41.1 Å². The largest absolute Gasteiger partial charge is 0.508 e. The first-order valence-electron chi connectivity index (χ1n) is 7.05. The van der Waals surface area contributed by atoms with Crippen molar-refractivity contribution < 1.29 is 10.0 Å². The molecule has 2 rings (SSSR count). The lowest BCUT2D eigenvalue weighted by atomic mass is 9.98. The molecule has 1 fully saturated rings. The Balaban J connectivity index is 0.00000220. The molecule has 0 aliphatic carbocycles.